The van der Waals surface area contributed by atoms with Gasteiger partial charge in [-0.25, -0.2) is 4.90 Å². The number of hydrogen-bond acceptors (Lipinski definition) is 7. The van der Waals surface area contributed by atoms with Crippen LogP contribution in [-0.2, 0) is 9.59 Å². The van der Waals surface area contributed by atoms with Crippen LogP contribution in [0.5, 0.6) is 23.0 Å². The summed E-state index contributed by atoms with van der Waals surface area (Å²) in [4.78, 5) is 27.2. The molecule has 0 spiro atoms. The molecule has 0 radical (unpaired) electrons. The number of methoxy groups -OCH3 is 4. The number of ether oxygens (including phenoxy) is 4. The summed E-state index contributed by atoms with van der Waals surface area (Å²) in [6.45, 7) is 0. The zero-order valence-electron chi connectivity index (χ0n) is 17.1. The molecular weight excluding hydrogens is 488 g/mol. The largest absolute Gasteiger partial charge is 0.497 e. The molecule has 0 aliphatic carbocycles. The first-order valence-corrected chi connectivity index (χ1v) is 10.1. The number of carbonyl (C=O) groups excluding carboxylic acids is 2. The Hall–Kier alpha value is -3.11. The third kappa shape index (κ3) is 4.35. The van der Waals surface area contributed by atoms with Gasteiger partial charge in [-0.3, -0.25) is 14.9 Å². The van der Waals surface area contributed by atoms with Crippen LogP contribution in [0.2, 0.25) is 0 Å². The number of hydrogen-bond donors (Lipinski definition) is 1. The van der Waals surface area contributed by atoms with Crippen molar-refractivity contribution in [3.8, 4) is 23.0 Å². The van der Waals surface area contributed by atoms with E-state index in [1.54, 1.807) is 30.3 Å². The Labute approximate surface area is 192 Å². The van der Waals surface area contributed by atoms with E-state index in [-0.39, 0.29) is 10.7 Å². The van der Waals surface area contributed by atoms with E-state index in [0.29, 0.717) is 38.7 Å². The molecule has 1 saturated heterocycles. The molecule has 0 unspecified atom stereocenters. The maximum atomic E-state index is 13.4. The lowest BCUT2D eigenvalue weighted by Crippen LogP contribution is -2.54. The van der Waals surface area contributed by atoms with Gasteiger partial charge in [-0.1, -0.05) is 15.9 Å². The minimum absolute atomic E-state index is 0.0607. The standard InChI is InChI=1S/C21H19BrN2O6S/c1-27-13-5-6-15(16(10-13)28-2)24-20(26)14(19(25)23-21(24)31)8-11-7-12(22)9-17(29-3)18(11)30-4/h5-10H,1-4H3,(H,23,25,31)/b14-8+. The smallest absolute Gasteiger partial charge is 0.270 e. The maximum absolute atomic E-state index is 13.4. The molecule has 0 atom stereocenters. The van der Waals surface area contributed by atoms with Crippen LogP contribution in [0.3, 0.4) is 0 Å². The molecule has 1 fully saturated rings. The average Bonchev–Trinajstić information content (AvgIpc) is 2.76. The van der Waals surface area contributed by atoms with Crippen molar-refractivity contribution in [1.29, 1.82) is 0 Å². The number of nitrogens with one attached hydrogen (secondary N) is 1. The van der Waals surface area contributed by atoms with Crippen molar-refractivity contribution in [2.75, 3.05) is 33.3 Å². The number of thiocarbonyl (C=S) groups is 1. The van der Waals surface area contributed by atoms with Gasteiger partial charge in [-0.05, 0) is 42.6 Å². The Kier molecular flexibility index (Phi) is 6.81. The van der Waals surface area contributed by atoms with Gasteiger partial charge in [0.15, 0.2) is 16.6 Å². The minimum atomic E-state index is -0.625. The highest BCUT2D eigenvalue weighted by atomic mass is 79.9. The molecule has 1 aliphatic heterocycles. The normalized spacial score (nSPS) is 15.1. The van der Waals surface area contributed by atoms with E-state index < -0.39 is 11.8 Å². The summed E-state index contributed by atoms with van der Waals surface area (Å²) in [7, 11) is 5.95. The molecule has 1 N–H and O–H groups in total. The SMILES string of the molecule is COc1ccc(N2C(=O)/C(=C/c3cc(Br)cc(OC)c3OC)C(=O)NC2=S)c(OC)c1. The highest BCUT2D eigenvalue weighted by Gasteiger charge is 2.36. The minimum Gasteiger partial charge on any atom is -0.497 e. The second-order valence-electron chi connectivity index (χ2n) is 6.23. The van der Waals surface area contributed by atoms with Crippen LogP contribution >= 0.6 is 28.1 Å². The first-order chi connectivity index (χ1) is 14.8. The Bertz CT molecular complexity index is 1100. The summed E-state index contributed by atoms with van der Waals surface area (Å²) in [5.41, 5.74) is 0.703. The maximum Gasteiger partial charge on any atom is 0.270 e. The van der Waals surface area contributed by atoms with Gasteiger partial charge in [-0.2, -0.15) is 0 Å². The molecular formula is C21H19BrN2O6S. The van der Waals surface area contributed by atoms with Gasteiger partial charge < -0.3 is 18.9 Å². The topological polar surface area (TPSA) is 86.3 Å². The van der Waals surface area contributed by atoms with Crippen LogP contribution < -0.4 is 29.2 Å². The van der Waals surface area contributed by atoms with E-state index in [0.717, 1.165) is 0 Å². The fraction of sp³-hybridized carbons (Fsp3) is 0.190. The lowest BCUT2D eigenvalue weighted by Gasteiger charge is -2.30. The van der Waals surface area contributed by atoms with E-state index in [1.807, 2.05) is 0 Å². The van der Waals surface area contributed by atoms with Gasteiger partial charge in [0.1, 0.15) is 17.1 Å². The predicted molar refractivity (Wildman–Crippen MR) is 123 cm³/mol. The van der Waals surface area contributed by atoms with Gasteiger partial charge in [-0.15, -0.1) is 0 Å². The van der Waals surface area contributed by atoms with Crippen LogP contribution in [0, 0.1) is 0 Å². The summed E-state index contributed by atoms with van der Waals surface area (Å²) >= 11 is 8.66. The highest BCUT2D eigenvalue weighted by molar-refractivity contribution is 9.10. The van der Waals surface area contributed by atoms with E-state index in [2.05, 4.69) is 21.2 Å². The van der Waals surface area contributed by atoms with Gasteiger partial charge >= 0.3 is 0 Å². The van der Waals surface area contributed by atoms with Crippen LogP contribution in [0.25, 0.3) is 6.08 Å². The van der Waals surface area contributed by atoms with E-state index in [4.69, 9.17) is 31.2 Å². The molecule has 8 nitrogen and oxygen atoms in total. The Morgan fingerprint density at radius 2 is 1.68 bits per heavy atom. The molecule has 162 valence electrons. The molecule has 0 aromatic heterocycles. The summed E-state index contributed by atoms with van der Waals surface area (Å²) in [6.07, 6.45) is 1.43. The summed E-state index contributed by atoms with van der Waals surface area (Å²) < 4.78 is 22.0. The third-order valence-corrected chi connectivity index (χ3v) is 5.24. The Morgan fingerprint density at radius 1 is 0.968 bits per heavy atom. The number of benzene rings is 2. The van der Waals surface area contributed by atoms with Crippen molar-refractivity contribution >= 4 is 56.8 Å². The first-order valence-electron chi connectivity index (χ1n) is 8.89. The van der Waals surface area contributed by atoms with Crippen molar-refractivity contribution in [2.45, 2.75) is 0 Å². The van der Waals surface area contributed by atoms with Crippen molar-refractivity contribution in [3.05, 3.63) is 45.9 Å². The molecule has 2 aromatic rings. The van der Waals surface area contributed by atoms with Crippen molar-refractivity contribution in [3.63, 3.8) is 0 Å². The molecule has 3 rings (SSSR count). The fourth-order valence-corrected chi connectivity index (χ4v) is 3.80. The van der Waals surface area contributed by atoms with Crippen LogP contribution in [0.1, 0.15) is 5.56 Å². The highest BCUT2D eigenvalue weighted by Crippen LogP contribution is 2.38. The number of amides is 2. The summed E-state index contributed by atoms with van der Waals surface area (Å²) in [5.74, 6) is 0.476. The molecule has 1 aliphatic rings. The fourth-order valence-electron chi connectivity index (χ4n) is 3.07. The molecule has 0 saturated carbocycles. The van der Waals surface area contributed by atoms with E-state index >= 15 is 0 Å². The lowest BCUT2D eigenvalue weighted by molar-refractivity contribution is -0.122. The summed E-state index contributed by atoms with van der Waals surface area (Å²) in [6, 6.07) is 8.33. The number of carbonyl (C=O) groups is 2. The summed E-state index contributed by atoms with van der Waals surface area (Å²) in [5, 5.41) is 2.49. The number of nitrogens with zero attached hydrogens (tertiary/aromatic N) is 1. The first kappa shape index (κ1) is 22.6. The molecule has 31 heavy (non-hydrogen) atoms. The predicted octanol–water partition coefficient (Wildman–Crippen LogP) is 3.31. The van der Waals surface area contributed by atoms with Crippen molar-refractivity contribution in [2.24, 2.45) is 0 Å². The second-order valence-corrected chi connectivity index (χ2v) is 7.53. The van der Waals surface area contributed by atoms with Gasteiger partial charge in [0, 0.05) is 16.1 Å². The molecule has 10 heteroatoms. The van der Waals surface area contributed by atoms with Crippen LogP contribution in [0.15, 0.2) is 40.4 Å². The van der Waals surface area contributed by atoms with E-state index in [1.165, 1.54) is 39.4 Å². The Morgan fingerprint density at radius 3 is 2.29 bits per heavy atom. The third-order valence-electron chi connectivity index (χ3n) is 4.50. The molecule has 0 bridgehead atoms. The average molecular weight is 507 g/mol. The molecule has 2 aromatic carbocycles. The van der Waals surface area contributed by atoms with E-state index in [9.17, 15) is 9.59 Å². The van der Waals surface area contributed by atoms with Gasteiger partial charge in [0.05, 0.1) is 34.1 Å². The lowest BCUT2D eigenvalue weighted by atomic mass is 10.1. The molecule has 2 amide bonds. The number of rotatable bonds is 6. The zero-order chi connectivity index (χ0) is 22.7. The van der Waals surface area contributed by atoms with Gasteiger partial charge in [0.2, 0.25) is 0 Å². The van der Waals surface area contributed by atoms with Crippen LogP contribution in [0.4, 0.5) is 5.69 Å². The van der Waals surface area contributed by atoms with Gasteiger partial charge in [0.25, 0.3) is 11.8 Å². The molecule has 1 heterocycles. The van der Waals surface area contributed by atoms with Crippen molar-refractivity contribution in [1.82, 2.24) is 5.32 Å². The number of anilines is 1. The monoisotopic (exact) mass is 506 g/mol. The second kappa shape index (κ2) is 9.36. The quantitative estimate of drug-likeness (QED) is 0.365. The Balaban J connectivity index is 2.12. The van der Waals surface area contributed by atoms with Crippen LogP contribution in [-0.4, -0.2) is 45.4 Å². The number of halogens is 1. The van der Waals surface area contributed by atoms with Crippen molar-refractivity contribution < 1.29 is 28.5 Å². The zero-order valence-corrected chi connectivity index (χ0v) is 19.5.